The number of rotatable bonds is 6. The van der Waals surface area contributed by atoms with Crippen LogP contribution in [-0.2, 0) is 4.79 Å². The molecule has 0 spiro atoms. The molecule has 4 N–H and O–H groups in total. The number of nitrogens with two attached hydrogens (primary N) is 1. The van der Waals surface area contributed by atoms with E-state index in [0.717, 1.165) is 0 Å². The molecule has 3 aromatic heterocycles. The Kier molecular flexibility index (Phi) is 6.57. The van der Waals surface area contributed by atoms with Gasteiger partial charge < -0.3 is 16.4 Å². The third-order valence-corrected chi connectivity index (χ3v) is 6.07. The number of hydrogen-bond donors (Lipinski definition) is 3. The van der Waals surface area contributed by atoms with E-state index in [9.17, 15) is 14.4 Å². The van der Waals surface area contributed by atoms with Crippen molar-refractivity contribution in [2.24, 2.45) is 0 Å². The van der Waals surface area contributed by atoms with E-state index < -0.39 is 11.9 Å². The second-order valence-corrected chi connectivity index (χ2v) is 8.47. The van der Waals surface area contributed by atoms with Gasteiger partial charge in [0, 0.05) is 29.3 Å². The second-order valence-electron chi connectivity index (χ2n) is 8.47. The quantitative estimate of drug-likeness (QED) is 0.184. The molecular formula is C28H23N7O3. The number of carbonyl (C=O) groups is 2. The Bertz CT molecular complexity index is 1800. The van der Waals surface area contributed by atoms with E-state index in [1.807, 2.05) is 48.5 Å². The van der Waals surface area contributed by atoms with Gasteiger partial charge in [0.15, 0.2) is 5.65 Å². The maximum Gasteiger partial charge on any atom is 0.264 e. The Morgan fingerprint density at radius 3 is 2.76 bits per heavy atom. The highest BCUT2D eigenvalue weighted by molar-refractivity contribution is 6.04. The van der Waals surface area contributed by atoms with Gasteiger partial charge >= 0.3 is 0 Å². The Morgan fingerprint density at radius 2 is 1.97 bits per heavy atom. The summed E-state index contributed by atoms with van der Waals surface area (Å²) in [5, 5.41) is 6.56. The maximum absolute atomic E-state index is 14.0. The van der Waals surface area contributed by atoms with Crippen LogP contribution in [0, 0.1) is 11.8 Å². The van der Waals surface area contributed by atoms with E-state index in [1.54, 1.807) is 34.4 Å². The molecule has 0 aliphatic rings. The van der Waals surface area contributed by atoms with Gasteiger partial charge in [0.2, 0.25) is 6.41 Å². The van der Waals surface area contributed by atoms with Gasteiger partial charge in [0.1, 0.15) is 17.7 Å². The molecular weight excluding hydrogens is 482 g/mol. The van der Waals surface area contributed by atoms with Gasteiger partial charge in [-0.25, -0.2) is 9.97 Å². The van der Waals surface area contributed by atoms with Crippen LogP contribution in [0.1, 0.15) is 34.6 Å². The zero-order valence-corrected chi connectivity index (χ0v) is 20.4. The summed E-state index contributed by atoms with van der Waals surface area (Å²) in [4.78, 5) is 46.2. The molecule has 5 rings (SSSR count). The molecule has 10 heteroatoms. The summed E-state index contributed by atoms with van der Waals surface area (Å²) in [6.45, 7) is 1.96. The fraction of sp³-hybridized carbons (Fsp3) is 0.107. The fourth-order valence-corrected chi connectivity index (χ4v) is 4.34. The van der Waals surface area contributed by atoms with Crippen molar-refractivity contribution in [2.75, 3.05) is 12.3 Å². The predicted molar refractivity (Wildman–Crippen MR) is 144 cm³/mol. The Balaban J connectivity index is 1.63. The van der Waals surface area contributed by atoms with Crippen LogP contribution in [0.4, 0.5) is 5.82 Å². The average Bonchev–Trinajstić information content (AvgIpc) is 3.40. The van der Waals surface area contributed by atoms with Gasteiger partial charge in [0.25, 0.3) is 11.5 Å². The van der Waals surface area contributed by atoms with Gasteiger partial charge in [0.05, 0.1) is 18.0 Å². The fourth-order valence-electron chi connectivity index (χ4n) is 4.34. The zero-order chi connectivity index (χ0) is 26.6. The number of nitrogens with one attached hydrogen (secondary N) is 2. The first-order valence-corrected chi connectivity index (χ1v) is 11.8. The Morgan fingerprint density at radius 1 is 1.16 bits per heavy atom. The molecule has 0 saturated heterocycles. The summed E-state index contributed by atoms with van der Waals surface area (Å²) in [6, 6.07) is 15.8. The number of amides is 2. The van der Waals surface area contributed by atoms with Crippen molar-refractivity contribution in [1.82, 2.24) is 29.6 Å². The van der Waals surface area contributed by atoms with Crippen molar-refractivity contribution in [3.05, 3.63) is 100 Å². The minimum absolute atomic E-state index is 0.0552. The molecule has 0 saturated carbocycles. The number of benzene rings is 2. The number of fused-ring (bicyclic) bond motifs is 2. The van der Waals surface area contributed by atoms with Crippen molar-refractivity contribution in [2.45, 2.75) is 13.0 Å². The third kappa shape index (κ3) is 4.44. The number of aromatic nitrogens is 4. The van der Waals surface area contributed by atoms with E-state index in [-0.39, 0.29) is 23.5 Å². The molecule has 1 unspecified atom stereocenters. The van der Waals surface area contributed by atoms with Gasteiger partial charge in [-0.1, -0.05) is 42.2 Å². The summed E-state index contributed by atoms with van der Waals surface area (Å²) in [5.41, 5.74) is 8.03. The van der Waals surface area contributed by atoms with Crippen molar-refractivity contribution in [3.63, 3.8) is 0 Å². The molecule has 188 valence electrons. The van der Waals surface area contributed by atoms with E-state index >= 15 is 0 Å². The van der Waals surface area contributed by atoms with E-state index in [1.165, 1.54) is 6.33 Å². The van der Waals surface area contributed by atoms with Gasteiger partial charge in [-0.15, -0.1) is 0 Å². The number of anilines is 1. The molecule has 0 radical (unpaired) electrons. The van der Waals surface area contributed by atoms with Gasteiger partial charge in [-0.3, -0.25) is 23.4 Å². The van der Waals surface area contributed by atoms with Crippen LogP contribution in [0.5, 0.6) is 0 Å². The van der Waals surface area contributed by atoms with Gasteiger partial charge in [-0.2, -0.15) is 0 Å². The van der Waals surface area contributed by atoms with Crippen molar-refractivity contribution >= 4 is 34.6 Å². The largest absolute Gasteiger partial charge is 0.383 e. The van der Waals surface area contributed by atoms with Crippen molar-refractivity contribution in [1.29, 1.82) is 0 Å². The molecule has 2 aromatic carbocycles. The minimum atomic E-state index is -0.596. The first kappa shape index (κ1) is 24.3. The van der Waals surface area contributed by atoms with E-state index in [0.29, 0.717) is 39.8 Å². The summed E-state index contributed by atoms with van der Waals surface area (Å²) >= 11 is 0. The van der Waals surface area contributed by atoms with Crippen LogP contribution in [0.25, 0.3) is 22.1 Å². The molecule has 2 amide bonds. The minimum Gasteiger partial charge on any atom is -0.383 e. The molecule has 0 aliphatic heterocycles. The molecule has 5 aromatic rings. The lowest BCUT2D eigenvalue weighted by atomic mass is 10.0. The number of hydrogen-bond acceptors (Lipinski definition) is 6. The predicted octanol–water partition coefficient (Wildman–Crippen LogP) is 2.20. The first-order valence-electron chi connectivity index (χ1n) is 11.8. The number of pyridine rings is 1. The average molecular weight is 506 g/mol. The molecule has 1 atom stereocenters. The van der Waals surface area contributed by atoms with E-state index in [2.05, 4.69) is 32.4 Å². The van der Waals surface area contributed by atoms with Gasteiger partial charge in [-0.05, 0) is 36.6 Å². The van der Waals surface area contributed by atoms with Crippen LogP contribution < -0.4 is 21.9 Å². The SMILES string of the molecule is CC(NC(=O)c1c(N)ncn2ccnc12)c1cc2cccc(C#CCNC=O)c2c(=O)n1-c1ccccc1. The van der Waals surface area contributed by atoms with Crippen LogP contribution in [-0.4, -0.2) is 37.8 Å². The lowest BCUT2D eigenvalue weighted by Crippen LogP contribution is -2.33. The summed E-state index contributed by atoms with van der Waals surface area (Å²) < 4.78 is 3.18. The molecule has 38 heavy (non-hydrogen) atoms. The topological polar surface area (TPSA) is 136 Å². The lowest BCUT2D eigenvalue weighted by Gasteiger charge is -2.21. The summed E-state index contributed by atoms with van der Waals surface area (Å²) in [7, 11) is 0. The van der Waals surface area contributed by atoms with Crippen LogP contribution in [0.2, 0.25) is 0 Å². The van der Waals surface area contributed by atoms with Crippen molar-refractivity contribution in [3.8, 4) is 17.5 Å². The zero-order valence-electron chi connectivity index (χ0n) is 20.4. The lowest BCUT2D eigenvalue weighted by molar-refractivity contribution is -0.109. The molecule has 3 heterocycles. The highest BCUT2D eigenvalue weighted by Gasteiger charge is 2.23. The third-order valence-electron chi connectivity index (χ3n) is 6.07. The normalized spacial score (nSPS) is 11.5. The van der Waals surface area contributed by atoms with Crippen LogP contribution in [0.3, 0.4) is 0 Å². The van der Waals surface area contributed by atoms with E-state index in [4.69, 9.17) is 5.73 Å². The number of para-hydroxylation sites is 1. The highest BCUT2D eigenvalue weighted by atomic mass is 16.2. The monoisotopic (exact) mass is 505 g/mol. The first-order chi connectivity index (χ1) is 18.5. The maximum atomic E-state index is 14.0. The molecule has 0 bridgehead atoms. The highest BCUT2D eigenvalue weighted by Crippen LogP contribution is 2.24. The Hall–Kier alpha value is -5.43. The number of carbonyl (C=O) groups excluding carboxylic acids is 2. The second kappa shape index (κ2) is 10.3. The molecule has 0 fully saturated rings. The smallest absolute Gasteiger partial charge is 0.264 e. The number of imidazole rings is 1. The molecule has 0 aliphatic carbocycles. The van der Waals surface area contributed by atoms with Crippen LogP contribution in [0.15, 0.2) is 78.1 Å². The number of nitrogens with zero attached hydrogens (tertiary/aromatic N) is 4. The Labute approximate surface area is 217 Å². The number of nitrogen functional groups attached to an aromatic ring is 1. The standard InChI is InChI=1S/C28H23N7O3/c1-18(33-27(37)24-25(29)32-16-34-14-13-31-26(24)34)22-15-20-8-5-7-19(9-6-12-30-17-36)23(20)28(38)35(22)21-10-3-2-4-11-21/h2-5,7-8,10-11,13-18H,12,29H2,1H3,(H,30,36)(H,33,37). The molecule has 10 nitrogen and oxygen atoms in total. The summed E-state index contributed by atoms with van der Waals surface area (Å²) in [6.07, 6.45) is 5.29. The summed E-state index contributed by atoms with van der Waals surface area (Å²) in [5.74, 6) is 5.43. The van der Waals surface area contributed by atoms with Crippen molar-refractivity contribution < 1.29 is 9.59 Å². The van der Waals surface area contributed by atoms with Crippen LogP contribution >= 0.6 is 0 Å².